The minimum Gasteiger partial charge on any atom is -0.370 e. The van der Waals surface area contributed by atoms with Gasteiger partial charge in [0, 0.05) is 36.5 Å². The largest absolute Gasteiger partial charge is 0.370 e. The lowest BCUT2D eigenvalue weighted by Crippen LogP contribution is -2.04. The van der Waals surface area contributed by atoms with Crippen LogP contribution in [0.25, 0.3) is 11.3 Å². The Kier molecular flexibility index (Phi) is 3.87. The number of pyridine rings is 1. The van der Waals surface area contributed by atoms with Crippen molar-refractivity contribution in [2.75, 3.05) is 11.9 Å². The Morgan fingerprint density at radius 1 is 1.17 bits per heavy atom. The second kappa shape index (κ2) is 5.58. The predicted molar refractivity (Wildman–Crippen MR) is 73.5 cm³/mol. The van der Waals surface area contributed by atoms with Crippen LogP contribution in [0.5, 0.6) is 0 Å². The molecule has 0 saturated heterocycles. The fourth-order valence-corrected chi connectivity index (χ4v) is 1.78. The molecule has 2 aromatic heterocycles. The van der Waals surface area contributed by atoms with Crippen molar-refractivity contribution in [2.24, 2.45) is 0 Å². The van der Waals surface area contributed by atoms with Crippen LogP contribution in [-0.4, -0.2) is 21.5 Å². The number of nitrogens with zero attached hydrogens (tertiary/aromatic N) is 3. The molecule has 18 heavy (non-hydrogen) atoms. The molecule has 0 spiro atoms. The normalized spacial score (nSPS) is 10.4. The van der Waals surface area contributed by atoms with Crippen LogP contribution in [0.1, 0.15) is 25.4 Å². The first kappa shape index (κ1) is 12.5. The molecule has 0 unspecified atom stereocenters. The van der Waals surface area contributed by atoms with E-state index in [2.05, 4.69) is 34.1 Å². The lowest BCUT2D eigenvalue weighted by atomic mass is 10.1. The smallest absolute Gasteiger partial charge is 0.131 e. The van der Waals surface area contributed by atoms with Gasteiger partial charge < -0.3 is 5.32 Å². The maximum Gasteiger partial charge on any atom is 0.131 e. The molecule has 0 aliphatic heterocycles. The third-order valence-electron chi connectivity index (χ3n) is 2.64. The van der Waals surface area contributed by atoms with Crippen molar-refractivity contribution in [1.29, 1.82) is 0 Å². The summed E-state index contributed by atoms with van der Waals surface area (Å²) in [5.41, 5.74) is 3.02. The van der Waals surface area contributed by atoms with Crippen LogP contribution in [0.15, 0.2) is 24.4 Å². The van der Waals surface area contributed by atoms with Gasteiger partial charge in [0.05, 0.1) is 5.69 Å². The molecule has 94 valence electrons. The van der Waals surface area contributed by atoms with E-state index < -0.39 is 0 Å². The van der Waals surface area contributed by atoms with Crippen molar-refractivity contribution >= 4 is 5.82 Å². The molecule has 4 heteroatoms. The average Bonchev–Trinajstić information content (AvgIpc) is 2.39. The molecular formula is C14H18N4. The van der Waals surface area contributed by atoms with E-state index in [4.69, 9.17) is 0 Å². The van der Waals surface area contributed by atoms with Crippen molar-refractivity contribution < 1.29 is 0 Å². The van der Waals surface area contributed by atoms with Gasteiger partial charge in [-0.3, -0.25) is 4.98 Å². The molecule has 0 aromatic carbocycles. The molecule has 2 rings (SSSR count). The first-order valence-corrected chi connectivity index (χ1v) is 6.27. The number of rotatable bonds is 4. The summed E-state index contributed by atoms with van der Waals surface area (Å²) in [5, 5.41) is 3.24. The van der Waals surface area contributed by atoms with E-state index in [1.165, 1.54) is 0 Å². The monoisotopic (exact) mass is 242 g/mol. The SMILES string of the molecule is CCNc1cc(-c2ccnc(C)c2)nc(CC)n1. The minimum atomic E-state index is 0.830. The van der Waals surface area contributed by atoms with E-state index in [0.717, 1.165) is 41.6 Å². The summed E-state index contributed by atoms with van der Waals surface area (Å²) in [5.74, 6) is 1.74. The molecule has 0 atom stereocenters. The quantitative estimate of drug-likeness (QED) is 0.895. The predicted octanol–water partition coefficient (Wildman–Crippen LogP) is 2.84. The van der Waals surface area contributed by atoms with Crippen molar-refractivity contribution in [3.63, 3.8) is 0 Å². The molecule has 0 saturated carbocycles. The lowest BCUT2D eigenvalue weighted by Gasteiger charge is -2.08. The summed E-state index contributed by atoms with van der Waals surface area (Å²) >= 11 is 0. The highest BCUT2D eigenvalue weighted by Crippen LogP contribution is 2.20. The fourth-order valence-electron chi connectivity index (χ4n) is 1.78. The van der Waals surface area contributed by atoms with Crippen LogP contribution in [0, 0.1) is 6.92 Å². The molecule has 0 radical (unpaired) electrons. The van der Waals surface area contributed by atoms with E-state index in [-0.39, 0.29) is 0 Å². The number of anilines is 1. The zero-order valence-electron chi connectivity index (χ0n) is 11.1. The van der Waals surface area contributed by atoms with Crippen LogP contribution in [-0.2, 0) is 6.42 Å². The molecule has 0 fully saturated rings. The fraction of sp³-hybridized carbons (Fsp3) is 0.357. The maximum atomic E-state index is 4.57. The summed E-state index contributed by atoms with van der Waals surface area (Å²) in [6.07, 6.45) is 2.64. The molecule has 2 aromatic rings. The molecule has 4 nitrogen and oxygen atoms in total. The second-order valence-electron chi connectivity index (χ2n) is 4.12. The van der Waals surface area contributed by atoms with Gasteiger partial charge in [0.15, 0.2) is 0 Å². The highest BCUT2D eigenvalue weighted by atomic mass is 15.0. The molecule has 0 bridgehead atoms. The molecule has 1 N–H and O–H groups in total. The number of hydrogen-bond donors (Lipinski definition) is 1. The molecule has 0 amide bonds. The summed E-state index contributed by atoms with van der Waals surface area (Å²) in [4.78, 5) is 13.2. The summed E-state index contributed by atoms with van der Waals surface area (Å²) in [6, 6.07) is 6.00. The molecule has 0 aliphatic rings. The van der Waals surface area contributed by atoms with Gasteiger partial charge in [0.1, 0.15) is 11.6 Å². The van der Waals surface area contributed by atoms with E-state index in [0.29, 0.717) is 0 Å². The van der Waals surface area contributed by atoms with Crippen LogP contribution >= 0.6 is 0 Å². The Labute approximate surface area is 108 Å². The van der Waals surface area contributed by atoms with Gasteiger partial charge in [-0.2, -0.15) is 0 Å². The van der Waals surface area contributed by atoms with Crippen molar-refractivity contribution in [3.8, 4) is 11.3 Å². The van der Waals surface area contributed by atoms with Gasteiger partial charge in [-0.25, -0.2) is 9.97 Å². The average molecular weight is 242 g/mol. The van der Waals surface area contributed by atoms with Gasteiger partial charge in [-0.05, 0) is 26.0 Å². The van der Waals surface area contributed by atoms with Crippen LogP contribution in [0.2, 0.25) is 0 Å². The van der Waals surface area contributed by atoms with Crippen LogP contribution in [0.3, 0.4) is 0 Å². The van der Waals surface area contributed by atoms with Crippen LogP contribution in [0.4, 0.5) is 5.82 Å². The zero-order chi connectivity index (χ0) is 13.0. The second-order valence-corrected chi connectivity index (χ2v) is 4.12. The van der Waals surface area contributed by atoms with Gasteiger partial charge in [0.2, 0.25) is 0 Å². The summed E-state index contributed by atoms with van der Waals surface area (Å²) in [6.45, 7) is 6.96. The number of aryl methyl sites for hydroxylation is 2. The Hall–Kier alpha value is -1.97. The number of aromatic nitrogens is 3. The third-order valence-corrected chi connectivity index (χ3v) is 2.64. The van der Waals surface area contributed by atoms with Crippen LogP contribution < -0.4 is 5.32 Å². The van der Waals surface area contributed by atoms with E-state index in [1.54, 1.807) is 0 Å². The van der Waals surface area contributed by atoms with Crippen molar-refractivity contribution in [3.05, 3.63) is 35.9 Å². The number of hydrogen-bond acceptors (Lipinski definition) is 4. The first-order chi connectivity index (χ1) is 8.72. The third kappa shape index (κ3) is 2.83. The Balaban J connectivity index is 2.46. The first-order valence-electron chi connectivity index (χ1n) is 6.27. The molecule has 0 aliphatic carbocycles. The minimum absolute atomic E-state index is 0.830. The van der Waals surface area contributed by atoms with Crippen molar-refractivity contribution in [2.45, 2.75) is 27.2 Å². The highest BCUT2D eigenvalue weighted by Gasteiger charge is 2.05. The summed E-state index contributed by atoms with van der Waals surface area (Å²) < 4.78 is 0. The van der Waals surface area contributed by atoms with Gasteiger partial charge >= 0.3 is 0 Å². The summed E-state index contributed by atoms with van der Waals surface area (Å²) in [7, 11) is 0. The molecular weight excluding hydrogens is 224 g/mol. The Morgan fingerprint density at radius 3 is 2.67 bits per heavy atom. The van der Waals surface area contributed by atoms with Gasteiger partial charge in [-0.15, -0.1) is 0 Å². The highest BCUT2D eigenvalue weighted by molar-refractivity contribution is 5.62. The zero-order valence-corrected chi connectivity index (χ0v) is 11.1. The van der Waals surface area contributed by atoms with E-state index >= 15 is 0 Å². The van der Waals surface area contributed by atoms with Gasteiger partial charge in [0.25, 0.3) is 0 Å². The Morgan fingerprint density at radius 2 is 2.00 bits per heavy atom. The van der Waals surface area contributed by atoms with E-state index in [9.17, 15) is 0 Å². The lowest BCUT2D eigenvalue weighted by molar-refractivity contribution is 0.939. The van der Waals surface area contributed by atoms with Gasteiger partial charge in [-0.1, -0.05) is 6.92 Å². The topological polar surface area (TPSA) is 50.7 Å². The standard InChI is InChI=1S/C14H18N4/c1-4-13-17-12(9-14(18-13)15-5-2)11-6-7-16-10(3)8-11/h6-9H,4-5H2,1-3H3,(H,15,17,18). The molecule has 2 heterocycles. The van der Waals surface area contributed by atoms with E-state index in [1.807, 2.05) is 31.3 Å². The number of nitrogens with one attached hydrogen (secondary N) is 1. The maximum absolute atomic E-state index is 4.57. The van der Waals surface area contributed by atoms with Crippen molar-refractivity contribution in [1.82, 2.24) is 15.0 Å². The Bertz CT molecular complexity index is 537.